The van der Waals surface area contributed by atoms with Crippen LogP contribution >= 0.6 is 0 Å². The number of carbonyl (C=O) groups excluding carboxylic acids is 1. The Morgan fingerprint density at radius 2 is 2.00 bits per heavy atom. The van der Waals surface area contributed by atoms with Gasteiger partial charge in [-0.3, -0.25) is 0 Å². The second-order valence-electron chi connectivity index (χ2n) is 7.72. The van der Waals surface area contributed by atoms with Crippen molar-refractivity contribution in [3.63, 3.8) is 0 Å². The largest absolute Gasteiger partial charge is 0.497 e. The maximum Gasteiger partial charge on any atom is 0.315 e. The number of methoxy groups -OCH3 is 1. The molecule has 2 fully saturated rings. The van der Waals surface area contributed by atoms with Crippen LogP contribution in [0.4, 0.5) is 10.6 Å². The average molecular weight is 380 g/mol. The van der Waals surface area contributed by atoms with Gasteiger partial charge in [-0.15, -0.1) is 0 Å². The van der Waals surface area contributed by atoms with Crippen LogP contribution in [0.3, 0.4) is 0 Å². The minimum absolute atomic E-state index is 0.0705. The summed E-state index contributed by atoms with van der Waals surface area (Å²) in [6, 6.07) is 14.1. The van der Waals surface area contributed by atoms with E-state index in [1.807, 2.05) is 42.6 Å². The van der Waals surface area contributed by atoms with Gasteiger partial charge in [0.05, 0.1) is 12.6 Å². The number of piperidine rings is 1. The normalized spacial score (nSPS) is 18.8. The molecule has 4 rings (SSSR count). The molecular formula is C22H28N4O2. The maximum absolute atomic E-state index is 12.7. The SMILES string of the molecule is COc1cccc(C2(NC(=O)NC3CCN(c4ccccn4)CC3)CCC2)c1. The Morgan fingerprint density at radius 3 is 2.64 bits per heavy atom. The van der Waals surface area contributed by atoms with Gasteiger partial charge < -0.3 is 20.3 Å². The Hall–Kier alpha value is -2.76. The summed E-state index contributed by atoms with van der Waals surface area (Å²) in [5, 5.41) is 6.44. The van der Waals surface area contributed by atoms with Crippen molar-refractivity contribution in [1.29, 1.82) is 0 Å². The van der Waals surface area contributed by atoms with Crippen LogP contribution in [0.2, 0.25) is 0 Å². The number of carbonyl (C=O) groups is 1. The molecule has 2 aromatic rings. The van der Waals surface area contributed by atoms with Crippen LogP contribution in [0.1, 0.15) is 37.7 Å². The lowest BCUT2D eigenvalue weighted by molar-refractivity contribution is 0.173. The van der Waals surface area contributed by atoms with E-state index in [1.54, 1.807) is 7.11 Å². The van der Waals surface area contributed by atoms with Gasteiger partial charge >= 0.3 is 6.03 Å². The van der Waals surface area contributed by atoms with E-state index < -0.39 is 0 Å². The maximum atomic E-state index is 12.7. The molecule has 0 atom stereocenters. The molecule has 0 unspecified atom stereocenters. The molecule has 0 radical (unpaired) electrons. The fourth-order valence-electron chi connectivity index (χ4n) is 4.17. The first-order valence-corrected chi connectivity index (χ1v) is 10.1. The number of hydrogen-bond donors (Lipinski definition) is 2. The van der Waals surface area contributed by atoms with Crippen molar-refractivity contribution in [2.75, 3.05) is 25.1 Å². The van der Waals surface area contributed by atoms with Crippen molar-refractivity contribution >= 4 is 11.8 Å². The summed E-state index contributed by atoms with van der Waals surface area (Å²) in [6.07, 6.45) is 6.73. The highest BCUT2D eigenvalue weighted by Gasteiger charge is 2.40. The van der Waals surface area contributed by atoms with Gasteiger partial charge in [-0.25, -0.2) is 9.78 Å². The topological polar surface area (TPSA) is 66.5 Å². The third-order valence-electron chi connectivity index (χ3n) is 5.99. The van der Waals surface area contributed by atoms with Crippen LogP contribution in [0.25, 0.3) is 0 Å². The molecule has 148 valence electrons. The smallest absolute Gasteiger partial charge is 0.315 e. The highest BCUT2D eigenvalue weighted by atomic mass is 16.5. The molecule has 0 spiro atoms. The Bertz CT molecular complexity index is 799. The molecule has 6 nitrogen and oxygen atoms in total. The summed E-state index contributed by atoms with van der Waals surface area (Å²) >= 11 is 0. The molecule has 1 aliphatic heterocycles. The van der Waals surface area contributed by atoms with Crippen molar-refractivity contribution in [2.45, 2.75) is 43.7 Å². The molecule has 1 aromatic heterocycles. The van der Waals surface area contributed by atoms with E-state index in [2.05, 4.69) is 26.6 Å². The molecule has 1 saturated carbocycles. The Balaban J connectivity index is 1.33. The third kappa shape index (κ3) is 3.91. The van der Waals surface area contributed by atoms with Crippen LogP contribution in [-0.2, 0) is 5.54 Å². The summed E-state index contributed by atoms with van der Waals surface area (Å²) < 4.78 is 5.35. The number of benzene rings is 1. The van der Waals surface area contributed by atoms with Gasteiger partial charge in [0.15, 0.2) is 0 Å². The molecule has 6 heteroatoms. The van der Waals surface area contributed by atoms with E-state index in [0.29, 0.717) is 0 Å². The molecule has 1 aliphatic carbocycles. The summed E-state index contributed by atoms with van der Waals surface area (Å²) in [4.78, 5) is 19.4. The quantitative estimate of drug-likeness (QED) is 0.834. The predicted molar refractivity (Wildman–Crippen MR) is 110 cm³/mol. The number of pyridine rings is 1. The van der Waals surface area contributed by atoms with Gasteiger partial charge in [0, 0.05) is 25.3 Å². The number of ether oxygens (including phenoxy) is 1. The zero-order valence-corrected chi connectivity index (χ0v) is 16.4. The van der Waals surface area contributed by atoms with E-state index in [4.69, 9.17) is 4.74 Å². The van der Waals surface area contributed by atoms with Crippen LogP contribution in [0.5, 0.6) is 5.75 Å². The number of nitrogens with zero attached hydrogens (tertiary/aromatic N) is 2. The van der Waals surface area contributed by atoms with E-state index in [9.17, 15) is 4.79 Å². The number of nitrogens with one attached hydrogen (secondary N) is 2. The van der Waals surface area contributed by atoms with Crippen molar-refractivity contribution in [3.05, 3.63) is 54.2 Å². The third-order valence-corrected chi connectivity index (χ3v) is 5.99. The van der Waals surface area contributed by atoms with Gasteiger partial charge in [-0.05, 0) is 61.9 Å². The van der Waals surface area contributed by atoms with Gasteiger partial charge in [-0.1, -0.05) is 18.2 Å². The molecule has 1 saturated heterocycles. The zero-order chi connectivity index (χ0) is 19.4. The van der Waals surface area contributed by atoms with Gasteiger partial charge in [0.1, 0.15) is 11.6 Å². The molecular weight excluding hydrogens is 352 g/mol. The minimum Gasteiger partial charge on any atom is -0.497 e. The molecule has 28 heavy (non-hydrogen) atoms. The van der Waals surface area contributed by atoms with Crippen LogP contribution in [-0.4, -0.2) is 37.3 Å². The number of hydrogen-bond acceptors (Lipinski definition) is 4. The monoisotopic (exact) mass is 380 g/mol. The lowest BCUT2D eigenvalue weighted by Gasteiger charge is -2.43. The van der Waals surface area contributed by atoms with Gasteiger partial charge in [0.25, 0.3) is 0 Å². The number of anilines is 1. The van der Waals surface area contributed by atoms with Crippen molar-refractivity contribution in [2.24, 2.45) is 0 Å². The predicted octanol–water partition coefficient (Wildman–Crippen LogP) is 3.44. The summed E-state index contributed by atoms with van der Waals surface area (Å²) in [7, 11) is 1.67. The highest BCUT2D eigenvalue weighted by molar-refractivity contribution is 5.75. The molecule has 2 heterocycles. The minimum atomic E-state index is -0.271. The Kier molecular flexibility index (Phi) is 5.37. The summed E-state index contributed by atoms with van der Waals surface area (Å²) in [5.41, 5.74) is 0.853. The Labute approximate surface area is 166 Å². The molecule has 2 aliphatic rings. The lowest BCUT2D eigenvalue weighted by Crippen LogP contribution is -2.56. The Morgan fingerprint density at radius 1 is 1.18 bits per heavy atom. The van der Waals surface area contributed by atoms with Crippen LogP contribution in [0, 0.1) is 0 Å². The summed E-state index contributed by atoms with van der Waals surface area (Å²) in [6.45, 7) is 1.81. The number of urea groups is 1. The van der Waals surface area contributed by atoms with E-state index in [-0.39, 0.29) is 17.6 Å². The van der Waals surface area contributed by atoms with Crippen molar-refractivity contribution < 1.29 is 9.53 Å². The fraction of sp³-hybridized carbons (Fsp3) is 0.455. The van der Waals surface area contributed by atoms with Crippen LogP contribution in [0.15, 0.2) is 48.7 Å². The second kappa shape index (κ2) is 8.09. The van der Waals surface area contributed by atoms with Gasteiger partial charge in [-0.2, -0.15) is 0 Å². The standard InChI is InChI=1S/C22H28N4O2/c1-28-19-7-4-6-17(16-19)22(11-5-12-22)25-21(27)24-18-9-14-26(15-10-18)20-8-2-3-13-23-20/h2-4,6-8,13,16,18H,5,9-12,14-15H2,1H3,(H2,24,25,27). The van der Waals surface area contributed by atoms with E-state index in [0.717, 1.165) is 62.3 Å². The van der Waals surface area contributed by atoms with Crippen molar-refractivity contribution in [3.8, 4) is 5.75 Å². The number of amides is 2. The number of rotatable bonds is 5. The van der Waals surface area contributed by atoms with E-state index in [1.165, 1.54) is 0 Å². The molecule has 1 aromatic carbocycles. The van der Waals surface area contributed by atoms with E-state index >= 15 is 0 Å². The first-order valence-electron chi connectivity index (χ1n) is 10.1. The number of aromatic nitrogens is 1. The molecule has 2 amide bonds. The highest BCUT2D eigenvalue weighted by Crippen LogP contribution is 2.42. The first-order chi connectivity index (χ1) is 13.7. The van der Waals surface area contributed by atoms with Crippen molar-refractivity contribution in [1.82, 2.24) is 15.6 Å². The second-order valence-corrected chi connectivity index (χ2v) is 7.72. The lowest BCUT2D eigenvalue weighted by atomic mass is 9.72. The first kappa shape index (κ1) is 18.6. The zero-order valence-electron chi connectivity index (χ0n) is 16.4. The summed E-state index contributed by atoms with van der Waals surface area (Å²) in [5.74, 6) is 1.84. The fourth-order valence-corrected chi connectivity index (χ4v) is 4.17. The molecule has 0 bridgehead atoms. The van der Waals surface area contributed by atoms with Crippen LogP contribution < -0.4 is 20.3 Å². The van der Waals surface area contributed by atoms with Gasteiger partial charge in [0.2, 0.25) is 0 Å². The average Bonchev–Trinajstić information content (AvgIpc) is 2.72. The molecule has 2 N–H and O–H groups in total.